The Morgan fingerprint density at radius 2 is 2.00 bits per heavy atom. The fourth-order valence-corrected chi connectivity index (χ4v) is 4.15. The predicted octanol–water partition coefficient (Wildman–Crippen LogP) is 5.40. The lowest BCUT2D eigenvalue weighted by Crippen LogP contribution is -2.27. The van der Waals surface area contributed by atoms with Crippen LogP contribution in [0.1, 0.15) is 62.4 Å². The zero-order valence-corrected chi connectivity index (χ0v) is 19.6. The number of carbonyl (C=O) groups excluding carboxylic acids is 1. The molecule has 1 N–H and O–H groups in total. The number of rotatable bonds is 11. The molecule has 0 unspecified atom stereocenters. The number of fused-ring (bicyclic) bond motifs is 1. The summed E-state index contributed by atoms with van der Waals surface area (Å²) < 4.78 is 8.47. The molecule has 1 fully saturated rings. The number of aryl methyl sites for hydroxylation is 2. The van der Waals surface area contributed by atoms with Gasteiger partial charge in [-0.05, 0) is 67.9 Å². The maximum atomic E-state index is 11.9. The van der Waals surface area contributed by atoms with Gasteiger partial charge in [0.1, 0.15) is 11.6 Å². The van der Waals surface area contributed by atoms with Crippen molar-refractivity contribution in [3.63, 3.8) is 0 Å². The number of hydrogen-bond acceptors (Lipinski definition) is 3. The first-order valence-electron chi connectivity index (χ1n) is 12.0. The first-order chi connectivity index (χ1) is 15.5. The third kappa shape index (κ3) is 5.50. The lowest BCUT2D eigenvalue weighted by atomic mass is 10.0. The summed E-state index contributed by atoms with van der Waals surface area (Å²) in [5, 5.41) is 3.07. The van der Waals surface area contributed by atoms with Crippen LogP contribution in [0.4, 0.5) is 0 Å². The van der Waals surface area contributed by atoms with Crippen LogP contribution in [0.15, 0.2) is 42.5 Å². The Morgan fingerprint density at radius 3 is 2.78 bits per heavy atom. The Morgan fingerprint density at radius 1 is 1.19 bits per heavy atom. The van der Waals surface area contributed by atoms with Gasteiger partial charge >= 0.3 is 0 Å². The van der Waals surface area contributed by atoms with E-state index in [4.69, 9.17) is 9.72 Å². The van der Waals surface area contributed by atoms with Gasteiger partial charge in [-0.1, -0.05) is 38.1 Å². The van der Waals surface area contributed by atoms with Crippen LogP contribution >= 0.6 is 0 Å². The minimum absolute atomic E-state index is 0.196. The molecule has 1 aliphatic carbocycles. The molecular weight excluding hydrogens is 398 g/mol. The zero-order valence-electron chi connectivity index (χ0n) is 19.6. The summed E-state index contributed by atoms with van der Waals surface area (Å²) >= 11 is 0. The molecule has 170 valence electrons. The van der Waals surface area contributed by atoms with Crippen LogP contribution in [0.25, 0.3) is 11.0 Å². The molecule has 5 heteroatoms. The smallest absolute Gasteiger partial charge is 0.223 e. The standard InChI is InChI=1S/C27H35N3O2/c1-19(2)22-13-10-20(3)18-25(22)32-17-7-6-16-30-24-9-5-4-8-23(24)29-26(30)14-15-28-27(31)21-11-12-21/h4-5,8-10,13,18-19,21H,6-7,11-12,14-17H2,1-3H3,(H,28,31). The first kappa shape index (κ1) is 22.4. The van der Waals surface area contributed by atoms with E-state index in [1.807, 2.05) is 6.07 Å². The highest BCUT2D eigenvalue weighted by Gasteiger charge is 2.29. The molecule has 0 spiro atoms. The van der Waals surface area contributed by atoms with Gasteiger partial charge in [0.15, 0.2) is 0 Å². The zero-order chi connectivity index (χ0) is 22.5. The molecule has 32 heavy (non-hydrogen) atoms. The quantitative estimate of drug-likeness (QED) is 0.412. The highest BCUT2D eigenvalue weighted by molar-refractivity contribution is 5.80. The molecule has 1 aliphatic rings. The summed E-state index contributed by atoms with van der Waals surface area (Å²) in [5.74, 6) is 2.95. The Kier molecular flexibility index (Phi) is 7.13. The van der Waals surface area contributed by atoms with Gasteiger partial charge in [0.2, 0.25) is 5.91 Å². The van der Waals surface area contributed by atoms with E-state index < -0.39 is 0 Å². The second kappa shape index (κ2) is 10.2. The van der Waals surface area contributed by atoms with Crippen LogP contribution in [-0.4, -0.2) is 28.6 Å². The number of hydrogen-bond donors (Lipinski definition) is 1. The van der Waals surface area contributed by atoms with Crippen LogP contribution in [0.3, 0.4) is 0 Å². The van der Waals surface area contributed by atoms with E-state index in [0.717, 1.165) is 61.3 Å². The van der Waals surface area contributed by atoms with Crippen molar-refractivity contribution in [2.75, 3.05) is 13.2 Å². The Hall–Kier alpha value is -2.82. The number of nitrogens with one attached hydrogen (secondary N) is 1. The fraction of sp³-hybridized carbons (Fsp3) is 0.481. The van der Waals surface area contributed by atoms with Crippen molar-refractivity contribution in [2.45, 2.75) is 65.3 Å². The monoisotopic (exact) mass is 433 g/mol. The molecule has 1 amide bonds. The second-order valence-corrected chi connectivity index (χ2v) is 9.24. The van der Waals surface area contributed by atoms with Crippen molar-refractivity contribution in [3.05, 3.63) is 59.4 Å². The Labute approximate surface area is 191 Å². The SMILES string of the molecule is Cc1ccc(C(C)C)c(OCCCCn2c(CCNC(=O)C3CC3)nc3ccccc32)c1. The lowest BCUT2D eigenvalue weighted by molar-refractivity contribution is -0.122. The molecule has 0 radical (unpaired) electrons. The van der Waals surface area contributed by atoms with E-state index in [1.54, 1.807) is 0 Å². The average molecular weight is 434 g/mol. The molecule has 0 atom stereocenters. The number of unbranched alkanes of at least 4 members (excludes halogenated alkanes) is 1. The number of ether oxygens (including phenoxy) is 1. The summed E-state index contributed by atoms with van der Waals surface area (Å²) in [4.78, 5) is 16.8. The summed E-state index contributed by atoms with van der Waals surface area (Å²) in [6.07, 6.45) is 4.83. The van der Waals surface area contributed by atoms with Crippen LogP contribution in [0.2, 0.25) is 0 Å². The predicted molar refractivity (Wildman–Crippen MR) is 129 cm³/mol. The number of nitrogens with zero attached hydrogens (tertiary/aromatic N) is 2. The van der Waals surface area contributed by atoms with E-state index in [2.05, 4.69) is 67.1 Å². The van der Waals surface area contributed by atoms with Gasteiger partial charge in [-0.2, -0.15) is 0 Å². The third-order valence-electron chi connectivity index (χ3n) is 6.15. The molecule has 5 nitrogen and oxygen atoms in total. The fourth-order valence-electron chi connectivity index (χ4n) is 4.15. The number of carbonyl (C=O) groups is 1. The van der Waals surface area contributed by atoms with E-state index in [1.165, 1.54) is 11.1 Å². The summed E-state index contributed by atoms with van der Waals surface area (Å²) in [5.41, 5.74) is 4.69. The normalized spacial score (nSPS) is 13.6. The highest BCUT2D eigenvalue weighted by atomic mass is 16.5. The topological polar surface area (TPSA) is 56.1 Å². The van der Waals surface area contributed by atoms with Crippen LogP contribution in [0, 0.1) is 12.8 Å². The average Bonchev–Trinajstić information content (AvgIpc) is 3.56. The maximum Gasteiger partial charge on any atom is 0.223 e. The van der Waals surface area contributed by atoms with Crippen molar-refractivity contribution in [2.24, 2.45) is 5.92 Å². The van der Waals surface area contributed by atoms with Crippen molar-refractivity contribution >= 4 is 16.9 Å². The molecule has 1 heterocycles. The van der Waals surface area contributed by atoms with Crippen molar-refractivity contribution in [1.29, 1.82) is 0 Å². The first-order valence-corrected chi connectivity index (χ1v) is 12.0. The minimum atomic E-state index is 0.196. The van der Waals surface area contributed by atoms with E-state index >= 15 is 0 Å². The highest BCUT2D eigenvalue weighted by Crippen LogP contribution is 2.29. The maximum absolute atomic E-state index is 11.9. The van der Waals surface area contributed by atoms with Gasteiger partial charge in [0, 0.05) is 25.4 Å². The third-order valence-corrected chi connectivity index (χ3v) is 6.15. The molecule has 0 bridgehead atoms. The lowest BCUT2D eigenvalue weighted by Gasteiger charge is -2.15. The van der Waals surface area contributed by atoms with Crippen LogP contribution in [-0.2, 0) is 17.8 Å². The van der Waals surface area contributed by atoms with Gasteiger partial charge < -0.3 is 14.6 Å². The van der Waals surface area contributed by atoms with Gasteiger partial charge in [0.25, 0.3) is 0 Å². The van der Waals surface area contributed by atoms with Crippen molar-refractivity contribution < 1.29 is 9.53 Å². The van der Waals surface area contributed by atoms with E-state index in [0.29, 0.717) is 19.1 Å². The van der Waals surface area contributed by atoms with Crippen LogP contribution < -0.4 is 10.1 Å². The van der Waals surface area contributed by atoms with Gasteiger partial charge in [-0.25, -0.2) is 4.98 Å². The molecule has 4 rings (SSSR count). The number of aromatic nitrogens is 2. The van der Waals surface area contributed by atoms with E-state index in [-0.39, 0.29) is 11.8 Å². The molecular formula is C27H35N3O2. The van der Waals surface area contributed by atoms with Gasteiger partial charge in [0.05, 0.1) is 17.6 Å². The second-order valence-electron chi connectivity index (χ2n) is 9.24. The minimum Gasteiger partial charge on any atom is -0.493 e. The Balaban J connectivity index is 1.33. The number of para-hydroxylation sites is 2. The van der Waals surface area contributed by atoms with Gasteiger partial charge in [-0.15, -0.1) is 0 Å². The van der Waals surface area contributed by atoms with Crippen LogP contribution in [0.5, 0.6) is 5.75 Å². The number of imidazole rings is 1. The van der Waals surface area contributed by atoms with Crippen molar-refractivity contribution in [1.82, 2.24) is 14.9 Å². The Bertz CT molecular complexity index is 1070. The summed E-state index contributed by atoms with van der Waals surface area (Å²) in [7, 11) is 0. The number of benzene rings is 2. The summed E-state index contributed by atoms with van der Waals surface area (Å²) in [6.45, 7) is 8.78. The molecule has 0 aliphatic heterocycles. The van der Waals surface area contributed by atoms with Gasteiger partial charge in [-0.3, -0.25) is 4.79 Å². The van der Waals surface area contributed by atoms with Crippen molar-refractivity contribution in [3.8, 4) is 5.75 Å². The molecule has 3 aromatic rings. The molecule has 2 aromatic carbocycles. The molecule has 0 saturated heterocycles. The number of amides is 1. The molecule has 1 aromatic heterocycles. The summed E-state index contributed by atoms with van der Waals surface area (Å²) in [6, 6.07) is 14.8. The van der Waals surface area contributed by atoms with E-state index in [9.17, 15) is 4.79 Å². The molecule has 1 saturated carbocycles. The largest absolute Gasteiger partial charge is 0.493 e.